The number of hydrogen-bond donors (Lipinski definition) is 1. The number of nitrogens with zero attached hydrogens (tertiary/aromatic N) is 2. The fraction of sp³-hybridized carbons (Fsp3) is 0.500. The van der Waals surface area contributed by atoms with Crippen molar-refractivity contribution in [3.63, 3.8) is 0 Å². The topological polar surface area (TPSA) is 46.9 Å². The van der Waals surface area contributed by atoms with E-state index in [0.29, 0.717) is 13.0 Å². The van der Waals surface area contributed by atoms with Crippen LogP contribution in [0.2, 0.25) is 0 Å². The van der Waals surface area contributed by atoms with E-state index in [9.17, 15) is 4.79 Å². The number of carbonyl (C=O) groups is 1. The molecule has 0 aliphatic heterocycles. The van der Waals surface area contributed by atoms with Gasteiger partial charge in [0.1, 0.15) is 0 Å². The number of aryl methyl sites for hydroxylation is 1. The van der Waals surface area contributed by atoms with Gasteiger partial charge in [0.2, 0.25) is 0 Å². The summed E-state index contributed by atoms with van der Waals surface area (Å²) in [5.74, 6) is 0.163. The molecule has 1 rings (SSSR count). The molecule has 1 aromatic rings. The number of carbonyl (C=O) groups excluding carboxylic acids is 1. The van der Waals surface area contributed by atoms with E-state index >= 15 is 0 Å². The molecule has 0 saturated heterocycles. The van der Waals surface area contributed by atoms with E-state index < -0.39 is 0 Å². The van der Waals surface area contributed by atoms with Crippen LogP contribution in [0.5, 0.6) is 0 Å². The number of nitrogens with one attached hydrogen (secondary N) is 1. The van der Waals surface area contributed by atoms with Crippen LogP contribution in [-0.4, -0.2) is 29.2 Å². The molecule has 0 saturated carbocycles. The average molecular weight is 167 g/mol. The second kappa shape index (κ2) is 4.01. The summed E-state index contributed by atoms with van der Waals surface area (Å²) in [4.78, 5) is 11.1. The van der Waals surface area contributed by atoms with E-state index in [0.717, 1.165) is 5.69 Å². The molecule has 0 radical (unpaired) electrons. The predicted octanol–water partition coefficient (Wildman–Crippen LogP) is -0.249. The number of likely N-dealkylation sites (N-methyl/N-ethyl adjacent to an activating group) is 1. The Morgan fingerprint density at radius 3 is 3.00 bits per heavy atom. The lowest BCUT2D eigenvalue weighted by atomic mass is 10.2. The second-order valence-corrected chi connectivity index (χ2v) is 2.73. The first-order valence-electron chi connectivity index (χ1n) is 3.87. The third kappa shape index (κ3) is 2.47. The van der Waals surface area contributed by atoms with Gasteiger partial charge in [-0.15, -0.1) is 0 Å². The van der Waals surface area contributed by atoms with E-state index in [-0.39, 0.29) is 5.78 Å². The van der Waals surface area contributed by atoms with Crippen molar-refractivity contribution in [1.29, 1.82) is 0 Å². The van der Waals surface area contributed by atoms with Crippen molar-refractivity contribution < 1.29 is 4.79 Å². The number of ketones is 1. The van der Waals surface area contributed by atoms with Gasteiger partial charge in [-0.3, -0.25) is 9.48 Å². The third-order valence-electron chi connectivity index (χ3n) is 1.52. The number of Topliss-reactive ketones (excluding diaryl/α,β-unsaturated/α-hetero) is 1. The molecule has 0 spiro atoms. The average Bonchev–Trinajstić information content (AvgIpc) is 2.36. The Bertz CT molecular complexity index is 267. The zero-order valence-corrected chi connectivity index (χ0v) is 7.37. The molecular formula is C8H13N3O. The molecule has 4 nitrogen and oxygen atoms in total. The molecule has 0 aromatic carbocycles. The quantitative estimate of drug-likeness (QED) is 0.672. The van der Waals surface area contributed by atoms with Crippen molar-refractivity contribution in [2.24, 2.45) is 7.05 Å². The predicted molar refractivity (Wildman–Crippen MR) is 45.8 cm³/mol. The van der Waals surface area contributed by atoms with Gasteiger partial charge < -0.3 is 5.32 Å². The third-order valence-corrected chi connectivity index (χ3v) is 1.52. The van der Waals surface area contributed by atoms with Crippen molar-refractivity contribution in [3.8, 4) is 0 Å². The zero-order valence-electron chi connectivity index (χ0n) is 7.37. The standard InChI is InChI=1S/C8H13N3O/c1-9-6-8(12)5-7-3-4-11(2)10-7/h3-4,9H,5-6H2,1-2H3. The molecule has 0 atom stereocenters. The van der Waals surface area contributed by atoms with Crippen molar-refractivity contribution in [2.75, 3.05) is 13.6 Å². The molecule has 66 valence electrons. The van der Waals surface area contributed by atoms with Gasteiger partial charge in [0.25, 0.3) is 0 Å². The van der Waals surface area contributed by atoms with Crippen LogP contribution in [0.1, 0.15) is 5.69 Å². The Morgan fingerprint density at radius 1 is 1.75 bits per heavy atom. The first kappa shape index (κ1) is 8.93. The molecule has 0 aliphatic carbocycles. The van der Waals surface area contributed by atoms with Crippen LogP contribution in [-0.2, 0) is 18.3 Å². The maximum Gasteiger partial charge on any atom is 0.152 e. The Kier molecular flexibility index (Phi) is 2.99. The highest BCUT2D eigenvalue weighted by molar-refractivity contribution is 5.82. The van der Waals surface area contributed by atoms with Gasteiger partial charge in [-0.25, -0.2) is 0 Å². The number of aromatic nitrogens is 2. The van der Waals surface area contributed by atoms with Gasteiger partial charge in [0, 0.05) is 13.2 Å². The van der Waals surface area contributed by atoms with Crippen LogP contribution < -0.4 is 5.32 Å². The molecule has 0 amide bonds. The molecule has 0 aliphatic rings. The largest absolute Gasteiger partial charge is 0.313 e. The smallest absolute Gasteiger partial charge is 0.152 e. The summed E-state index contributed by atoms with van der Waals surface area (Å²) in [5.41, 5.74) is 0.831. The maximum atomic E-state index is 11.1. The number of hydrogen-bond acceptors (Lipinski definition) is 3. The van der Waals surface area contributed by atoms with Gasteiger partial charge >= 0.3 is 0 Å². The second-order valence-electron chi connectivity index (χ2n) is 2.73. The lowest BCUT2D eigenvalue weighted by Gasteiger charge is -1.95. The highest BCUT2D eigenvalue weighted by Gasteiger charge is 2.03. The van der Waals surface area contributed by atoms with Gasteiger partial charge in [-0.2, -0.15) is 5.10 Å². The maximum absolute atomic E-state index is 11.1. The molecule has 1 N–H and O–H groups in total. The minimum absolute atomic E-state index is 0.163. The molecule has 0 fully saturated rings. The zero-order chi connectivity index (χ0) is 8.97. The van der Waals surface area contributed by atoms with Crippen molar-refractivity contribution in [3.05, 3.63) is 18.0 Å². The van der Waals surface area contributed by atoms with E-state index in [1.807, 2.05) is 19.3 Å². The Balaban J connectivity index is 2.46. The Morgan fingerprint density at radius 2 is 2.50 bits per heavy atom. The molecule has 4 heteroatoms. The van der Waals surface area contributed by atoms with Crippen LogP contribution in [0.3, 0.4) is 0 Å². The van der Waals surface area contributed by atoms with Crippen LogP contribution in [0.25, 0.3) is 0 Å². The summed E-state index contributed by atoms with van der Waals surface area (Å²) in [6.45, 7) is 0.413. The lowest BCUT2D eigenvalue weighted by molar-refractivity contribution is -0.117. The van der Waals surface area contributed by atoms with Crippen LogP contribution >= 0.6 is 0 Å². The summed E-state index contributed by atoms with van der Waals surface area (Å²) in [6.07, 6.45) is 2.25. The molecule has 1 heterocycles. The van der Waals surface area contributed by atoms with Gasteiger partial charge in [0.05, 0.1) is 18.7 Å². The SMILES string of the molecule is CNCC(=O)Cc1ccn(C)n1. The lowest BCUT2D eigenvalue weighted by Crippen LogP contribution is -2.20. The summed E-state index contributed by atoms with van der Waals surface area (Å²) < 4.78 is 1.70. The van der Waals surface area contributed by atoms with E-state index in [1.165, 1.54) is 0 Å². The van der Waals surface area contributed by atoms with Gasteiger partial charge in [-0.1, -0.05) is 0 Å². The van der Waals surface area contributed by atoms with Crippen LogP contribution in [0.15, 0.2) is 12.3 Å². The monoisotopic (exact) mass is 167 g/mol. The highest BCUT2D eigenvalue weighted by Crippen LogP contribution is 1.95. The Labute approximate surface area is 71.6 Å². The minimum atomic E-state index is 0.163. The summed E-state index contributed by atoms with van der Waals surface area (Å²) in [7, 11) is 3.60. The summed E-state index contributed by atoms with van der Waals surface area (Å²) in [6, 6.07) is 1.85. The molecule has 12 heavy (non-hydrogen) atoms. The normalized spacial score (nSPS) is 10.2. The molecular weight excluding hydrogens is 154 g/mol. The van der Waals surface area contributed by atoms with E-state index in [4.69, 9.17) is 0 Å². The van der Waals surface area contributed by atoms with Gasteiger partial charge in [-0.05, 0) is 13.1 Å². The fourth-order valence-electron chi connectivity index (χ4n) is 1.02. The molecule has 0 bridgehead atoms. The Hall–Kier alpha value is -1.16. The first-order chi connectivity index (χ1) is 5.72. The van der Waals surface area contributed by atoms with E-state index in [1.54, 1.807) is 11.7 Å². The van der Waals surface area contributed by atoms with Crippen molar-refractivity contribution in [1.82, 2.24) is 15.1 Å². The summed E-state index contributed by atoms with van der Waals surface area (Å²) in [5, 5.41) is 6.91. The minimum Gasteiger partial charge on any atom is -0.313 e. The van der Waals surface area contributed by atoms with Gasteiger partial charge in [0.15, 0.2) is 5.78 Å². The molecule has 1 aromatic heterocycles. The highest BCUT2D eigenvalue weighted by atomic mass is 16.1. The fourth-order valence-corrected chi connectivity index (χ4v) is 1.02. The number of rotatable bonds is 4. The summed E-state index contributed by atoms with van der Waals surface area (Å²) >= 11 is 0. The van der Waals surface area contributed by atoms with Crippen molar-refractivity contribution >= 4 is 5.78 Å². The van der Waals surface area contributed by atoms with Crippen LogP contribution in [0, 0.1) is 0 Å². The molecule has 0 unspecified atom stereocenters. The van der Waals surface area contributed by atoms with E-state index in [2.05, 4.69) is 10.4 Å². The van der Waals surface area contributed by atoms with Crippen LogP contribution in [0.4, 0.5) is 0 Å². The first-order valence-corrected chi connectivity index (χ1v) is 3.87. The van der Waals surface area contributed by atoms with Crippen molar-refractivity contribution in [2.45, 2.75) is 6.42 Å².